The third-order valence-corrected chi connectivity index (χ3v) is 34.0. The Labute approximate surface area is 811 Å². The predicted molar refractivity (Wildman–Crippen MR) is 595 cm³/mol. The third-order valence-electron chi connectivity index (χ3n) is 34.0. The standard InChI is InChI=1S/C133H67N7O4/c1-2-31-74-68(25-1)75-57-58-79-76-35-19-36-77-91-62-109-92(61-108(91)139(123(76)77)125(79)120(75)116(74)89-43-21-38-80-70-27-7-15-51-112(70)141-130(80)89)78-37-20-42-88-117-90(60-95-69-26-3-11-44-98(69)136(128(95)129(117)140(109)124(78)88)104-50-24-41-83-73-30-10-18-54-115(73)144-133(83)104)67-55-56-87-105(59-67)135(103-49-23-40-82-72-29-9-17-53-114(72)143-132(82)103)111-66-97-94-64-106-93(63-107(94)138-101-47-14-6-34-86(101)122(119(87)111)127(97)138)96-65-110-118(121-85-33-5-13-46-100(85)137(106)126(96)121)84-32-4-12-45-99(84)134(110)102-48-22-39-81-71-28-8-16-52-113(71)142-131(81)102/h1-66,116H. The summed E-state index contributed by atoms with van der Waals surface area (Å²) in [5.41, 5.74) is 39.2. The Bertz CT molecular complexity index is 12600. The monoisotopic (exact) mass is 1830 g/mol. The second kappa shape index (κ2) is 25.0. The lowest BCUT2D eigenvalue weighted by Crippen LogP contribution is -2.01. The van der Waals surface area contributed by atoms with Gasteiger partial charge in [-0.3, -0.25) is 0 Å². The van der Waals surface area contributed by atoms with Crippen LogP contribution in [0.1, 0.15) is 22.6 Å². The maximum Gasteiger partial charge on any atom is 0.159 e. The number of rotatable bonds is 5. The van der Waals surface area contributed by atoms with Gasteiger partial charge in [0.25, 0.3) is 0 Å². The molecule has 11 nitrogen and oxygen atoms in total. The molecule has 0 bridgehead atoms. The van der Waals surface area contributed by atoms with E-state index in [-0.39, 0.29) is 5.92 Å². The van der Waals surface area contributed by atoms with Gasteiger partial charge in [-0.1, -0.05) is 285 Å². The van der Waals surface area contributed by atoms with Gasteiger partial charge in [0.2, 0.25) is 0 Å². The molecule has 11 heteroatoms. The lowest BCUT2D eigenvalue weighted by atomic mass is 9.87. The molecule has 1 aliphatic rings. The largest absolute Gasteiger partial charge is 0.456 e. The van der Waals surface area contributed by atoms with Crippen molar-refractivity contribution in [2.45, 2.75) is 5.92 Å². The molecule has 0 saturated carbocycles. The molecule has 0 amide bonds. The molecule has 0 spiro atoms. The van der Waals surface area contributed by atoms with Crippen molar-refractivity contribution < 1.29 is 17.7 Å². The van der Waals surface area contributed by atoms with Gasteiger partial charge in [-0.15, -0.1) is 0 Å². The number of para-hydroxylation sites is 14. The van der Waals surface area contributed by atoms with Crippen molar-refractivity contribution in [3.05, 3.63) is 417 Å². The lowest BCUT2D eigenvalue weighted by Gasteiger charge is -2.16. The van der Waals surface area contributed by atoms with Crippen LogP contribution >= 0.6 is 0 Å². The van der Waals surface area contributed by atoms with Crippen LogP contribution < -0.4 is 0 Å². The molecule has 144 heavy (non-hydrogen) atoms. The molecule has 1 aliphatic carbocycles. The zero-order valence-electron chi connectivity index (χ0n) is 76.4. The lowest BCUT2D eigenvalue weighted by molar-refractivity contribution is 0.661. The fraction of sp³-hybridized carbons (Fsp3) is 0.00752. The van der Waals surface area contributed by atoms with E-state index in [1.54, 1.807) is 0 Å². The molecule has 0 radical (unpaired) electrons. The van der Waals surface area contributed by atoms with Gasteiger partial charge in [-0.2, -0.15) is 0 Å². The molecule has 1 unspecified atom stereocenters. The number of fused-ring (bicyclic) bond motifs is 52. The van der Waals surface area contributed by atoms with E-state index in [0.29, 0.717) is 0 Å². The molecule has 0 fully saturated rings. The van der Waals surface area contributed by atoms with Crippen molar-refractivity contribution in [2.24, 2.45) is 0 Å². The highest BCUT2D eigenvalue weighted by molar-refractivity contribution is 6.42. The van der Waals surface area contributed by atoms with E-state index in [2.05, 4.69) is 432 Å². The first-order valence-corrected chi connectivity index (χ1v) is 49.8. The molecule has 37 aromatic rings. The molecular formula is C133H67N7O4. The van der Waals surface area contributed by atoms with Gasteiger partial charge in [0.1, 0.15) is 27.9 Å². The number of aromatic nitrogens is 7. The van der Waals surface area contributed by atoms with E-state index in [1.165, 1.54) is 169 Å². The van der Waals surface area contributed by atoms with Gasteiger partial charge in [-0.25, -0.2) is 0 Å². The van der Waals surface area contributed by atoms with E-state index in [0.717, 1.165) is 193 Å². The average molecular weight is 1830 g/mol. The van der Waals surface area contributed by atoms with Gasteiger partial charge in [0.05, 0.1) is 116 Å². The average Bonchev–Trinajstić information content (AvgIpc) is 1.50. The summed E-state index contributed by atoms with van der Waals surface area (Å²) in [6.07, 6.45) is 0. The maximum atomic E-state index is 7.36. The number of furan rings is 4. The summed E-state index contributed by atoms with van der Waals surface area (Å²) in [6.45, 7) is 0. The van der Waals surface area contributed by atoms with Crippen molar-refractivity contribution in [2.75, 3.05) is 0 Å². The van der Waals surface area contributed by atoms with Crippen LogP contribution in [0.5, 0.6) is 0 Å². The van der Waals surface area contributed by atoms with Gasteiger partial charge in [0, 0.05) is 173 Å². The van der Waals surface area contributed by atoms with Gasteiger partial charge in [0.15, 0.2) is 16.7 Å². The van der Waals surface area contributed by atoms with Gasteiger partial charge in [-0.05, 0) is 149 Å². The molecule has 0 saturated heterocycles. The first-order valence-electron chi connectivity index (χ1n) is 49.8. The smallest absolute Gasteiger partial charge is 0.159 e. The molecule has 15 heterocycles. The first-order chi connectivity index (χ1) is 71.5. The number of benzene rings is 22. The summed E-state index contributed by atoms with van der Waals surface area (Å²) >= 11 is 0. The topological polar surface area (TPSA) is 85.0 Å². The predicted octanol–water partition coefficient (Wildman–Crippen LogP) is 36.0. The van der Waals surface area contributed by atoms with Crippen LogP contribution in [0.3, 0.4) is 0 Å². The van der Waals surface area contributed by atoms with Crippen LogP contribution in [-0.4, -0.2) is 31.3 Å². The number of hydrogen-bond acceptors (Lipinski definition) is 4. The molecule has 0 N–H and O–H groups in total. The minimum atomic E-state index is -0.119. The minimum absolute atomic E-state index is 0.119. The molecule has 38 rings (SSSR count). The highest BCUT2D eigenvalue weighted by Gasteiger charge is 2.39. The van der Waals surface area contributed by atoms with E-state index in [4.69, 9.17) is 17.7 Å². The van der Waals surface area contributed by atoms with E-state index in [9.17, 15) is 0 Å². The first kappa shape index (κ1) is 72.9. The van der Waals surface area contributed by atoms with Crippen molar-refractivity contribution >= 4 is 306 Å². The summed E-state index contributed by atoms with van der Waals surface area (Å²) in [5.74, 6) is -0.119. The zero-order chi connectivity index (χ0) is 92.2. The third kappa shape index (κ3) is 8.37. The van der Waals surface area contributed by atoms with Crippen LogP contribution in [0.15, 0.2) is 418 Å². The molecule has 658 valence electrons. The Hall–Kier alpha value is -19.4. The second-order valence-corrected chi connectivity index (χ2v) is 40.5. The Morgan fingerprint density at radius 2 is 0.521 bits per heavy atom. The molecular weight excluding hydrogens is 1760 g/mol. The summed E-state index contributed by atoms with van der Waals surface area (Å²) in [4.78, 5) is 0. The second-order valence-electron chi connectivity index (χ2n) is 40.5. The quantitative estimate of drug-likeness (QED) is 0.172. The molecule has 15 aromatic heterocycles. The fourth-order valence-corrected chi connectivity index (χ4v) is 28.6. The highest BCUT2D eigenvalue weighted by Crippen LogP contribution is 2.60. The summed E-state index contributed by atoms with van der Waals surface area (Å²) in [7, 11) is 0. The Morgan fingerprint density at radius 3 is 1.08 bits per heavy atom. The summed E-state index contributed by atoms with van der Waals surface area (Å²) in [5, 5.41) is 35.1. The summed E-state index contributed by atoms with van der Waals surface area (Å²) in [6, 6.07) is 150. The van der Waals surface area contributed by atoms with Gasteiger partial charge >= 0.3 is 0 Å². The van der Waals surface area contributed by atoms with Gasteiger partial charge < -0.3 is 49.0 Å². The van der Waals surface area contributed by atoms with Crippen LogP contribution in [0.2, 0.25) is 0 Å². The normalized spacial score (nSPS) is 13.8. The fourth-order valence-electron chi connectivity index (χ4n) is 28.6. The number of nitrogens with zero attached hydrogens (tertiary/aromatic N) is 7. The Balaban J connectivity index is 0.625. The van der Waals surface area contributed by atoms with Crippen LogP contribution in [0.4, 0.5) is 0 Å². The van der Waals surface area contributed by atoms with Crippen LogP contribution in [0.25, 0.3) is 345 Å². The van der Waals surface area contributed by atoms with Crippen molar-refractivity contribution in [1.82, 2.24) is 31.3 Å². The number of hydrogen-bond donors (Lipinski definition) is 0. The van der Waals surface area contributed by atoms with E-state index >= 15 is 0 Å². The summed E-state index contributed by atoms with van der Waals surface area (Å²) < 4.78 is 46.7. The van der Waals surface area contributed by atoms with Crippen molar-refractivity contribution in [3.63, 3.8) is 0 Å². The zero-order valence-corrected chi connectivity index (χ0v) is 76.4. The SMILES string of the molecule is c1ccc2c(c1)-c1ccc3c4cccc5c6cc7c(cc6n(c3c1C2c1cccc2c1oc1ccccc12)c54)c1cccc2c3c(-c4ccc5c6c8c9ccccc9n9c%10cc%11c%12cc%13c(c%14ccccc%14n%13-c%13cccc%14c%13oc%13ccccc%13%14)c%13c%14ccccc%14n(c%11cc%10c(cc6n(-c6cccc%10c6oc6ccccc6%10)c5c4)c89)c%12%13)cc4c5ccccc5n(-c5cccc6c5oc5ccccc56)c4c3n7c12. The van der Waals surface area contributed by atoms with Crippen molar-refractivity contribution in [3.8, 4) is 39.3 Å². The molecule has 0 aliphatic heterocycles. The Morgan fingerprint density at radius 1 is 0.160 bits per heavy atom. The maximum absolute atomic E-state index is 7.36. The van der Waals surface area contributed by atoms with Crippen LogP contribution in [0, 0.1) is 0 Å². The molecule has 1 atom stereocenters. The minimum Gasteiger partial charge on any atom is -0.456 e. The Kier molecular flexibility index (Phi) is 12.7. The van der Waals surface area contributed by atoms with Crippen molar-refractivity contribution in [1.29, 1.82) is 0 Å². The van der Waals surface area contributed by atoms with Crippen LogP contribution in [-0.2, 0) is 0 Å². The van der Waals surface area contributed by atoms with E-state index < -0.39 is 0 Å². The molecule has 22 aromatic carbocycles. The highest BCUT2D eigenvalue weighted by atomic mass is 16.3. The van der Waals surface area contributed by atoms with E-state index in [1.807, 2.05) is 0 Å².